The molecule has 0 radical (unpaired) electrons. The normalized spacial score (nSPS) is 13.2. The Balaban J connectivity index is 2.69. The van der Waals surface area contributed by atoms with Crippen molar-refractivity contribution in [3.63, 3.8) is 0 Å². The van der Waals surface area contributed by atoms with E-state index in [2.05, 4.69) is 4.72 Å². The van der Waals surface area contributed by atoms with Crippen molar-refractivity contribution in [2.75, 3.05) is 12.4 Å². The first-order valence-electron chi connectivity index (χ1n) is 5.67. The van der Waals surface area contributed by atoms with E-state index in [1.165, 1.54) is 0 Å². The minimum atomic E-state index is -3.71. The molecule has 18 heavy (non-hydrogen) atoms. The molecule has 0 bridgehead atoms. The van der Waals surface area contributed by atoms with Gasteiger partial charge in [-0.1, -0.05) is 37.3 Å². The van der Waals surface area contributed by atoms with Crippen LogP contribution in [0.3, 0.4) is 0 Å². The number of hydrogen-bond acceptors (Lipinski definition) is 4. The van der Waals surface area contributed by atoms with E-state index in [1.54, 1.807) is 37.3 Å². The zero-order valence-electron chi connectivity index (χ0n) is 10.2. The lowest BCUT2D eigenvalue weighted by Gasteiger charge is -2.13. The lowest BCUT2D eigenvalue weighted by molar-refractivity contribution is 0.102. The van der Waals surface area contributed by atoms with E-state index in [9.17, 15) is 13.2 Å². The van der Waals surface area contributed by atoms with Crippen LogP contribution in [0.25, 0.3) is 0 Å². The average Bonchev–Trinajstić information content (AvgIpc) is 2.36. The summed E-state index contributed by atoms with van der Waals surface area (Å²) >= 11 is 0. The Labute approximate surface area is 107 Å². The Bertz CT molecular complexity index is 480. The topological polar surface area (TPSA) is 83.5 Å². The molecule has 0 amide bonds. The number of rotatable bonds is 7. The number of aliphatic hydroxyl groups is 1. The molecule has 0 saturated heterocycles. The number of nitrogens with one attached hydrogen (secondary N) is 1. The summed E-state index contributed by atoms with van der Waals surface area (Å²) in [5.74, 6) is -1.07. The first kappa shape index (κ1) is 14.8. The van der Waals surface area contributed by atoms with Gasteiger partial charge in [0.15, 0.2) is 5.78 Å². The van der Waals surface area contributed by atoms with E-state index in [-0.39, 0.29) is 6.61 Å². The summed E-state index contributed by atoms with van der Waals surface area (Å²) < 4.78 is 25.7. The molecule has 100 valence electrons. The fourth-order valence-electron chi connectivity index (χ4n) is 1.43. The summed E-state index contributed by atoms with van der Waals surface area (Å²) in [6.07, 6.45) is 0.468. The van der Waals surface area contributed by atoms with Gasteiger partial charge in [0.2, 0.25) is 10.0 Å². The second kappa shape index (κ2) is 6.63. The third kappa shape index (κ3) is 4.56. The van der Waals surface area contributed by atoms with Crippen LogP contribution in [0.2, 0.25) is 0 Å². The Hall–Kier alpha value is -1.24. The molecular weight excluding hydrogens is 254 g/mol. The highest BCUT2D eigenvalue weighted by atomic mass is 32.2. The summed E-state index contributed by atoms with van der Waals surface area (Å²) in [6.45, 7) is 1.47. The maximum atomic E-state index is 11.7. The van der Waals surface area contributed by atoms with Crippen molar-refractivity contribution in [1.29, 1.82) is 0 Å². The molecule has 0 fully saturated rings. The Morgan fingerprint density at radius 1 is 1.33 bits per heavy atom. The van der Waals surface area contributed by atoms with Crippen LogP contribution in [0, 0.1) is 0 Å². The van der Waals surface area contributed by atoms with Gasteiger partial charge in [0, 0.05) is 11.6 Å². The van der Waals surface area contributed by atoms with Gasteiger partial charge in [-0.3, -0.25) is 4.79 Å². The number of sulfonamides is 1. The van der Waals surface area contributed by atoms with Crippen LogP contribution >= 0.6 is 0 Å². The molecule has 1 rings (SSSR count). The van der Waals surface area contributed by atoms with Crippen molar-refractivity contribution >= 4 is 15.8 Å². The molecule has 6 heteroatoms. The molecule has 1 aromatic carbocycles. The molecule has 0 heterocycles. The number of ketones is 1. The smallest absolute Gasteiger partial charge is 0.219 e. The second-order valence-corrected chi connectivity index (χ2v) is 5.71. The molecule has 0 aliphatic carbocycles. The Morgan fingerprint density at radius 2 is 1.94 bits per heavy atom. The minimum absolute atomic E-state index is 0.282. The zero-order chi connectivity index (χ0) is 13.6. The van der Waals surface area contributed by atoms with E-state index in [1.807, 2.05) is 0 Å². The first-order valence-corrected chi connectivity index (χ1v) is 7.33. The zero-order valence-corrected chi connectivity index (χ0v) is 11.0. The highest BCUT2D eigenvalue weighted by Gasteiger charge is 2.20. The SMILES string of the molecule is CCC(CO)NS(=O)(=O)CC(=O)c1ccccc1. The van der Waals surface area contributed by atoms with E-state index in [0.29, 0.717) is 12.0 Å². The van der Waals surface area contributed by atoms with Crippen molar-refractivity contribution in [2.45, 2.75) is 19.4 Å². The summed E-state index contributed by atoms with van der Waals surface area (Å²) in [7, 11) is -3.71. The summed E-state index contributed by atoms with van der Waals surface area (Å²) in [4.78, 5) is 11.7. The molecule has 1 aromatic rings. The summed E-state index contributed by atoms with van der Waals surface area (Å²) in [5.41, 5.74) is 0.361. The van der Waals surface area contributed by atoms with Crippen LogP contribution in [0.5, 0.6) is 0 Å². The second-order valence-electron chi connectivity index (χ2n) is 3.95. The fourth-order valence-corrected chi connectivity index (χ4v) is 2.77. The monoisotopic (exact) mass is 271 g/mol. The van der Waals surface area contributed by atoms with Crippen LogP contribution in [-0.4, -0.2) is 37.7 Å². The lowest BCUT2D eigenvalue weighted by Crippen LogP contribution is -2.39. The van der Waals surface area contributed by atoms with E-state index in [0.717, 1.165) is 0 Å². The van der Waals surface area contributed by atoms with Gasteiger partial charge < -0.3 is 5.11 Å². The van der Waals surface area contributed by atoms with E-state index in [4.69, 9.17) is 5.11 Å². The number of carbonyl (C=O) groups excluding carboxylic acids is 1. The van der Waals surface area contributed by atoms with Gasteiger partial charge in [0.25, 0.3) is 0 Å². The van der Waals surface area contributed by atoms with E-state index < -0.39 is 27.6 Å². The largest absolute Gasteiger partial charge is 0.395 e. The van der Waals surface area contributed by atoms with Crippen molar-refractivity contribution in [2.24, 2.45) is 0 Å². The van der Waals surface area contributed by atoms with Crippen LogP contribution in [0.1, 0.15) is 23.7 Å². The van der Waals surface area contributed by atoms with Gasteiger partial charge in [-0.15, -0.1) is 0 Å². The quantitative estimate of drug-likeness (QED) is 0.710. The number of hydrogen-bond donors (Lipinski definition) is 2. The molecule has 1 atom stereocenters. The number of Topliss-reactive ketones (excluding diaryl/α,β-unsaturated/α-hetero) is 1. The third-order valence-electron chi connectivity index (χ3n) is 2.48. The molecule has 0 spiro atoms. The standard InChI is InChI=1S/C12H17NO4S/c1-2-11(8-14)13-18(16,17)9-12(15)10-6-4-3-5-7-10/h3-7,11,13-14H,2,8-9H2,1H3. The lowest BCUT2D eigenvalue weighted by atomic mass is 10.2. The van der Waals surface area contributed by atoms with Crippen molar-refractivity contribution < 1.29 is 18.3 Å². The molecule has 0 saturated carbocycles. The van der Waals surface area contributed by atoms with Crippen LogP contribution in [0.4, 0.5) is 0 Å². The maximum Gasteiger partial charge on any atom is 0.219 e. The van der Waals surface area contributed by atoms with E-state index >= 15 is 0 Å². The Morgan fingerprint density at radius 3 is 2.44 bits per heavy atom. The third-order valence-corrected chi connectivity index (χ3v) is 3.81. The predicted molar refractivity (Wildman–Crippen MR) is 68.9 cm³/mol. The van der Waals surface area contributed by atoms with Crippen molar-refractivity contribution in [3.8, 4) is 0 Å². The predicted octanol–water partition coefficient (Wildman–Crippen LogP) is 0.560. The van der Waals surface area contributed by atoms with Gasteiger partial charge in [0.05, 0.1) is 6.61 Å². The van der Waals surface area contributed by atoms with Crippen molar-refractivity contribution in [1.82, 2.24) is 4.72 Å². The van der Waals surface area contributed by atoms with Crippen LogP contribution in [-0.2, 0) is 10.0 Å². The summed E-state index contributed by atoms with van der Waals surface area (Å²) in [6, 6.07) is 7.70. The number of carbonyl (C=O) groups is 1. The molecular formula is C12H17NO4S. The number of benzene rings is 1. The fraction of sp³-hybridized carbons (Fsp3) is 0.417. The van der Waals surface area contributed by atoms with Gasteiger partial charge in [-0.05, 0) is 6.42 Å². The molecule has 2 N–H and O–H groups in total. The van der Waals surface area contributed by atoms with Crippen molar-refractivity contribution in [3.05, 3.63) is 35.9 Å². The number of aliphatic hydroxyl groups excluding tert-OH is 1. The molecule has 0 aliphatic rings. The maximum absolute atomic E-state index is 11.7. The molecule has 0 aliphatic heterocycles. The Kier molecular flexibility index (Phi) is 5.46. The van der Waals surface area contributed by atoms with Crippen LogP contribution < -0.4 is 4.72 Å². The molecule has 5 nitrogen and oxygen atoms in total. The van der Waals surface area contributed by atoms with Gasteiger partial charge in [-0.2, -0.15) is 0 Å². The van der Waals surface area contributed by atoms with Gasteiger partial charge in [-0.25, -0.2) is 13.1 Å². The van der Waals surface area contributed by atoms with Gasteiger partial charge in [0.1, 0.15) is 5.75 Å². The summed E-state index contributed by atoms with van der Waals surface area (Å²) in [5, 5.41) is 8.93. The minimum Gasteiger partial charge on any atom is -0.395 e. The average molecular weight is 271 g/mol. The highest BCUT2D eigenvalue weighted by Crippen LogP contribution is 2.03. The molecule has 1 unspecified atom stereocenters. The van der Waals surface area contributed by atoms with Gasteiger partial charge >= 0.3 is 0 Å². The molecule has 0 aromatic heterocycles. The first-order chi connectivity index (χ1) is 8.48. The van der Waals surface area contributed by atoms with Crippen LogP contribution in [0.15, 0.2) is 30.3 Å². The highest BCUT2D eigenvalue weighted by molar-refractivity contribution is 7.90.